The van der Waals surface area contributed by atoms with Crippen molar-refractivity contribution in [3.63, 3.8) is 0 Å². The first-order chi connectivity index (χ1) is 54.6. The maximum atomic E-state index is 16.2. The molecule has 2 saturated heterocycles. The van der Waals surface area contributed by atoms with Gasteiger partial charge in [0.05, 0.1) is 41.3 Å². The molecule has 2 fully saturated rings. The number of phenols is 3. The molecular weight excluding hydrogens is 1550 g/mol. The Morgan fingerprint density at radius 1 is 0.678 bits per heavy atom. The molecule has 610 valence electrons. The van der Waals surface area contributed by atoms with E-state index in [9.17, 15) is 79.4 Å². The van der Waals surface area contributed by atoms with Crippen LogP contribution in [0.5, 0.6) is 46.0 Å². The van der Waals surface area contributed by atoms with Crippen molar-refractivity contribution >= 4 is 70.5 Å². The number of aliphatic hydroxyl groups excluding tert-OH is 6. The molecule has 0 saturated carbocycles. The second-order valence-corrected chi connectivity index (χ2v) is 30.0. The van der Waals surface area contributed by atoms with Crippen LogP contribution in [-0.4, -0.2) is 191 Å². The lowest BCUT2D eigenvalue weighted by Gasteiger charge is -2.48. The van der Waals surface area contributed by atoms with Crippen LogP contribution < -0.4 is 62.5 Å². The quantitative estimate of drug-likeness (QED) is 0.0617. The molecule has 0 aromatic heterocycles. The van der Waals surface area contributed by atoms with Crippen molar-refractivity contribution in [3.8, 4) is 68.2 Å². The maximum Gasteiger partial charge on any atom is 0.330 e. The van der Waals surface area contributed by atoms with E-state index in [0.717, 1.165) is 83.4 Å². The fraction of sp³-hybridized carbons (Fsp3) is 0.367. The highest BCUT2D eigenvalue weighted by Crippen LogP contribution is 2.50. The van der Waals surface area contributed by atoms with E-state index >= 15 is 14.4 Å². The molecule has 0 unspecified atom stereocenters. The Hall–Kier alpha value is -10.8. The van der Waals surface area contributed by atoms with Crippen LogP contribution in [0, 0.1) is 11.7 Å². The number of ether oxygens (including phenoxy) is 6. The Morgan fingerprint density at radius 3 is 1.88 bits per heavy atom. The molecule has 7 aliphatic heterocycles. The number of fused-ring (bicyclic) bond motifs is 15. The van der Waals surface area contributed by atoms with Gasteiger partial charge in [0.25, 0.3) is 0 Å². The number of carboxylic acid groups (broad SMARTS) is 1. The van der Waals surface area contributed by atoms with E-state index in [1.807, 2.05) is 38.1 Å². The second-order valence-electron chi connectivity index (χ2n) is 29.2. The molecule has 20 N–H and O–H groups in total. The number of carbonyl (C=O) groups excluding carboxylic acids is 7. The van der Waals surface area contributed by atoms with Gasteiger partial charge >= 0.3 is 5.97 Å². The molecule has 11 bridgehead atoms. The zero-order valence-corrected chi connectivity index (χ0v) is 63.5. The average molecular weight is 1630 g/mol. The molecule has 7 aromatic rings. The van der Waals surface area contributed by atoms with E-state index in [1.165, 1.54) is 31.3 Å². The number of rotatable bonds is 17. The van der Waals surface area contributed by atoms with E-state index in [0.29, 0.717) is 0 Å². The number of carboxylic acids is 1. The van der Waals surface area contributed by atoms with Crippen molar-refractivity contribution in [1.82, 2.24) is 42.5 Å². The maximum absolute atomic E-state index is 16.2. The number of aliphatic carboxylic acids is 1. The molecular formula is C79H84Cl2FN9O24. The van der Waals surface area contributed by atoms with Gasteiger partial charge in [0.1, 0.15) is 95.3 Å². The number of hydrogen-bond donors (Lipinski definition) is 19. The predicted octanol–water partition coefficient (Wildman–Crippen LogP) is 3.74. The Balaban J connectivity index is 1.04. The number of aromatic hydroxyl groups is 3. The normalized spacial score (nSPS) is 27.2. The van der Waals surface area contributed by atoms with Crippen molar-refractivity contribution < 1.29 is 122 Å². The highest BCUT2D eigenvalue weighted by molar-refractivity contribution is 6.32. The van der Waals surface area contributed by atoms with Crippen LogP contribution >= 0.6 is 23.2 Å². The molecule has 33 nitrogen and oxygen atoms in total. The number of carbonyl (C=O) groups is 8. The van der Waals surface area contributed by atoms with Crippen molar-refractivity contribution in [2.45, 2.75) is 163 Å². The number of aliphatic hydroxyl groups is 6. The van der Waals surface area contributed by atoms with E-state index in [-0.39, 0.29) is 52.8 Å². The van der Waals surface area contributed by atoms with Crippen LogP contribution in [0.3, 0.4) is 0 Å². The largest absolute Gasteiger partial charge is 0.508 e. The second kappa shape index (κ2) is 34.7. The summed E-state index contributed by atoms with van der Waals surface area (Å²) >= 11 is 14.3. The molecule has 7 aliphatic rings. The van der Waals surface area contributed by atoms with E-state index in [4.69, 9.17) is 57.4 Å². The van der Waals surface area contributed by atoms with Crippen molar-refractivity contribution in [1.29, 1.82) is 0 Å². The van der Waals surface area contributed by atoms with Crippen molar-refractivity contribution in [2.75, 3.05) is 13.7 Å². The fourth-order valence-corrected chi connectivity index (χ4v) is 14.9. The Bertz CT molecular complexity index is 4900. The standard InChI is InChI=1S/C79H84Cl2FN9O24/c1-32(2)20-47(84-5)71(102)90-62-64(97)38-13-18-51(45(80)22-38)111-53-24-40-25-54(68(53)115-78-69(67(100)66(99)55(31-92)113-78)114-57-29-79(4,70(101)33(3)110-57)85-30-34-6-8-35(9-7-34)36-10-15-41(82)16-11-36)112-52-19-14-39(23-46(52)81)65(98)63-76(107)89-61(77(108)109)44-26-42(93)27-50(95)58(44)43-21-37(12-17-49(43)94)59(73(104)91-63)88-74(105)60(40)87-72(103)48(28-56(83)96)86-75(62)106/h6-19,21-27,32-33,47-48,55,57,59-67,69-70,78,84-85,92-95,97-101H,20,28-31H2,1-5H3,(H2,83,96)(H,86,106)(H,87,103)(H,88,105)(H,89,107)(H,90,102)(H,91,104)(H,108,109)/t33-,47+,48-,55+,57-,59+,60+,61-,62+,63-,64+,65+,66+,67-,69+,70-,78-,79-/m0/s1. The van der Waals surface area contributed by atoms with Gasteiger partial charge in [-0.25, -0.2) is 9.18 Å². The summed E-state index contributed by atoms with van der Waals surface area (Å²) in [5.41, 5.74) is 3.94. The number of benzene rings is 7. The lowest BCUT2D eigenvalue weighted by Crippen LogP contribution is -2.65. The third kappa shape index (κ3) is 18.2. The molecule has 0 radical (unpaired) electrons. The Morgan fingerprint density at radius 2 is 1.28 bits per heavy atom. The first-order valence-electron chi connectivity index (χ1n) is 36.4. The Kier molecular flexibility index (Phi) is 25.2. The third-order valence-corrected chi connectivity index (χ3v) is 21.2. The summed E-state index contributed by atoms with van der Waals surface area (Å²) in [6.07, 6.45) is -18.8. The van der Waals surface area contributed by atoms with E-state index in [2.05, 4.69) is 42.5 Å². The van der Waals surface area contributed by atoms with Crippen LogP contribution in [0.2, 0.25) is 10.0 Å². The minimum atomic E-state index is -2.37. The molecule has 7 amide bonds. The SMILES string of the molecule is CN[C@H](CC(C)C)C(=O)N[C@H]1C(=O)N[C@@H](CC(N)=O)C(=O)N[C@H]2C(=O)N[C@H]3C(=O)N[C@H](C(=O)N[C@H](C(=O)O)c4cc(O)cc(O)c4-c4cc3ccc4O)[C@H](O)c3ccc(c(Cl)c3)Oc3cc2cc(c3O[C@@H]2O[C@H](CO)[C@@H](O)[C@H](O)[C@H]2O[C@H]2C[C@](C)(NCc3ccc(-c4ccc(F)cc4)cc3)[C@@H](O)[C@H](C)O2)Oc2ccc(cc2Cl)[C@H]1O. The summed E-state index contributed by atoms with van der Waals surface area (Å²) in [6, 6.07) is 12.5. The number of nitrogens with two attached hydrogens (primary N) is 1. The summed E-state index contributed by atoms with van der Waals surface area (Å²) in [6.45, 7) is 6.05. The lowest BCUT2D eigenvalue weighted by atomic mass is 9.84. The smallest absolute Gasteiger partial charge is 0.330 e. The van der Waals surface area contributed by atoms with Crippen molar-refractivity contribution in [3.05, 3.63) is 177 Å². The molecule has 115 heavy (non-hydrogen) atoms. The predicted molar refractivity (Wildman–Crippen MR) is 404 cm³/mol. The zero-order chi connectivity index (χ0) is 82.9. The number of halogens is 3. The van der Waals surface area contributed by atoms with Gasteiger partial charge in [-0.2, -0.15) is 0 Å². The number of phenolic OH excluding ortho intramolecular Hbond substituents is 3. The van der Waals surface area contributed by atoms with Crippen LogP contribution in [-0.2, 0) is 59.1 Å². The van der Waals surface area contributed by atoms with Gasteiger partial charge in [-0.15, -0.1) is 0 Å². The van der Waals surface area contributed by atoms with Gasteiger partial charge in [-0.1, -0.05) is 91.6 Å². The van der Waals surface area contributed by atoms with Gasteiger partial charge in [-0.05, 0) is 139 Å². The number of amides is 7. The van der Waals surface area contributed by atoms with Crippen LogP contribution in [0.25, 0.3) is 22.3 Å². The minimum absolute atomic E-state index is 0.110. The zero-order valence-electron chi connectivity index (χ0n) is 62.0. The molecule has 36 heteroatoms. The lowest BCUT2D eigenvalue weighted by molar-refractivity contribution is -0.334. The molecule has 7 heterocycles. The van der Waals surface area contributed by atoms with Crippen molar-refractivity contribution in [2.24, 2.45) is 11.7 Å². The van der Waals surface area contributed by atoms with Crippen LogP contribution in [0.4, 0.5) is 4.39 Å². The van der Waals surface area contributed by atoms with Crippen LogP contribution in [0.1, 0.15) is 111 Å². The molecule has 14 rings (SSSR count). The molecule has 18 atom stereocenters. The number of likely N-dealkylation sites (N-methyl/N-ethyl adjacent to an activating group) is 1. The monoisotopic (exact) mass is 1630 g/mol. The highest BCUT2D eigenvalue weighted by atomic mass is 35.5. The fourth-order valence-electron chi connectivity index (χ4n) is 14.4. The highest BCUT2D eigenvalue weighted by Gasteiger charge is 2.52. The molecule has 0 aliphatic carbocycles. The van der Waals surface area contributed by atoms with Gasteiger partial charge < -0.3 is 128 Å². The van der Waals surface area contributed by atoms with Gasteiger partial charge in [0.2, 0.25) is 53.4 Å². The molecule has 7 aromatic carbocycles. The summed E-state index contributed by atoms with van der Waals surface area (Å²) in [5, 5.41) is 136. The van der Waals surface area contributed by atoms with Gasteiger partial charge in [0, 0.05) is 41.3 Å². The number of primary amides is 1. The summed E-state index contributed by atoms with van der Waals surface area (Å²) < 4.78 is 53.2. The first-order valence-corrected chi connectivity index (χ1v) is 37.1. The summed E-state index contributed by atoms with van der Waals surface area (Å²) in [7, 11) is 1.47. The van der Waals surface area contributed by atoms with Crippen LogP contribution in [0.15, 0.2) is 127 Å². The molecule has 0 spiro atoms. The Labute approximate surface area is 665 Å². The summed E-state index contributed by atoms with van der Waals surface area (Å²) in [4.78, 5) is 118. The number of nitrogens with one attached hydrogen (secondary N) is 8. The minimum Gasteiger partial charge on any atom is -0.508 e. The third-order valence-electron chi connectivity index (χ3n) is 20.6. The van der Waals surface area contributed by atoms with E-state index < -0.39 is 243 Å². The summed E-state index contributed by atoms with van der Waals surface area (Å²) in [5.74, 6) is -16.5. The van der Waals surface area contributed by atoms with Gasteiger partial charge in [-0.3, -0.25) is 33.6 Å². The van der Waals surface area contributed by atoms with Gasteiger partial charge in [0.15, 0.2) is 29.9 Å². The average Bonchev–Trinajstić information content (AvgIpc) is 0.764. The van der Waals surface area contributed by atoms with E-state index in [1.54, 1.807) is 26.0 Å². The first kappa shape index (κ1) is 83.6. The number of hydrogen-bond acceptors (Lipinski definition) is 25. The topological polar surface area (TPSA) is 517 Å².